The molecule has 1 aliphatic rings. The minimum atomic E-state index is -0.505. The Balaban J connectivity index is 2.26. The highest BCUT2D eigenvalue weighted by atomic mass is 14.9. The van der Waals surface area contributed by atoms with Crippen molar-refractivity contribution in [3.05, 3.63) is 89.0 Å². The van der Waals surface area contributed by atoms with Gasteiger partial charge >= 0.3 is 0 Å². The van der Waals surface area contributed by atoms with Crippen molar-refractivity contribution in [3.63, 3.8) is 0 Å². The largest absolute Gasteiger partial charge is 0.399 e. The summed E-state index contributed by atoms with van der Waals surface area (Å²) in [5, 5.41) is 0. The Hall–Kier alpha value is -2.61. The summed E-state index contributed by atoms with van der Waals surface area (Å²) in [7, 11) is 0. The fraction of sp³-hybridized carbons (Fsp3) is 0.150. The van der Waals surface area contributed by atoms with Crippen molar-refractivity contribution in [1.82, 2.24) is 0 Å². The third-order valence-corrected chi connectivity index (χ3v) is 4.07. The lowest BCUT2D eigenvalue weighted by atomic mass is 9.80. The molecule has 0 amide bonds. The van der Waals surface area contributed by atoms with Gasteiger partial charge in [0.05, 0.1) is 0 Å². The highest BCUT2D eigenvalue weighted by Gasteiger charge is 2.32. The Bertz CT molecular complexity index is 749. The van der Waals surface area contributed by atoms with Gasteiger partial charge in [-0.2, -0.15) is 0 Å². The van der Waals surface area contributed by atoms with Crippen molar-refractivity contribution in [2.24, 2.45) is 4.99 Å². The molecule has 0 aromatic heterocycles. The van der Waals surface area contributed by atoms with Gasteiger partial charge in [-0.25, -0.2) is 0 Å². The molecule has 0 saturated carbocycles. The quantitative estimate of drug-likeness (QED) is 0.821. The van der Waals surface area contributed by atoms with Gasteiger partial charge in [0.2, 0.25) is 0 Å². The van der Waals surface area contributed by atoms with Gasteiger partial charge in [-0.15, -0.1) is 0 Å². The Labute approximate surface area is 131 Å². The van der Waals surface area contributed by atoms with Crippen molar-refractivity contribution in [2.75, 3.05) is 5.73 Å². The Morgan fingerprint density at radius 1 is 0.909 bits per heavy atom. The molecule has 2 heteroatoms. The molecular formula is C20H20N2. The molecule has 110 valence electrons. The molecule has 0 aliphatic carbocycles. The number of nitrogen functional groups attached to an aromatic ring is 1. The molecule has 1 aliphatic heterocycles. The second-order valence-corrected chi connectivity index (χ2v) is 5.73. The van der Waals surface area contributed by atoms with Crippen molar-refractivity contribution >= 4 is 11.9 Å². The van der Waals surface area contributed by atoms with E-state index in [0.29, 0.717) is 0 Å². The number of benzene rings is 2. The van der Waals surface area contributed by atoms with Crippen LogP contribution in [0.5, 0.6) is 0 Å². The van der Waals surface area contributed by atoms with Crippen LogP contribution in [-0.2, 0) is 5.54 Å². The summed E-state index contributed by atoms with van der Waals surface area (Å²) in [4.78, 5) is 4.88. The van der Waals surface area contributed by atoms with Gasteiger partial charge in [0.25, 0.3) is 0 Å². The molecule has 2 N–H and O–H groups in total. The summed E-state index contributed by atoms with van der Waals surface area (Å²) in [6, 6.07) is 14.5. The Morgan fingerprint density at radius 3 is 2.41 bits per heavy atom. The summed E-state index contributed by atoms with van der Waals surface area (Å²) >= 11 is 0. The number of aryl methyl sites for hydroxylation is 2. The molecule has 0 saturated heterocycles. The van der Waals surface area contributed by atoms with E-state index in [-0.39, 0.29) is 0 Å². The summed E-state index contributed by atoms with van der Waals surface area (Å²) in [5.74, 6) is 0. The topological polar surface area (TPSA) is 38.4 Å². The highest BCUT2D eigenvalue weighted by molar-refractivity contribution is 5.74. The fourth-order valence-electron chi connectivity index (χ4n) is 2.98. The van der Waals surface area contributed by atoms with E-state index in [0.717, 1.165) is 11.3 Å². The molecule has 0 fully saturated rings. The number of aliphatic imine (C=N–C) groups is 1. The zero-order chi connectivity index (χ0) is 15.6. The van der Waals surface area contributed by atoms with Crippen molar-refractivity contribution < 1.29 is 0 Å². The van der Waals surface area contributed by atoms with Crippen LogP contribution in [0, 0.1) is 13.8 Å². The number of nitrogens with zero attached hydrogens (tertiary/aromatic N) is 1. The van der Waals surface area contributed by atoms with Crippen LogP contribution in [-0.4, -0.2) is 6.21 Å². The van der Waals surface area contributed by atoms with Crippen LogP contribution in [0.2, 0.25) is 0 Å². The van der Waals surface area contributed by atoms with E-state index in [1.54, 1.807) is 0 Å². The van der Waals surface area contributed by atoms with E-state index in [2.05, 4.69) is 56.3 Å². The van der Waals surface area contributed by atoms with Gasteiger partial charge in [-0.3, -0.25) is 4.99 Å². The molecule has 1 atom stereocenters. The first kappa shape index (κ1) is 14.3. The van der Waals surface area contributed by atoms with E-state index < -0.39 is 5.54 Å². The maximum atomic E-state index is 5.85. The summed E-state index contributed by atoms with van der Waals surface area (Å²) in [6.45, 7) is 4.25. The smallest absolute Gasteiger partial charge is 0.129 e. The second-order valence-electron chi connectivity index (χ2n) is 5.73. The molecule has 0 bridgehead atoms. The van der Waals surface area contributed by atoms with E-state index in [1.165, 1.54) is 16.7 Å². The van der Waals surface area contributed by atoms with Gasteiger partial charge in [0.15, 0.2) is 0 Å². The second kappa shape index (κ2) is 5.64. The minimum Gasteiger partial charge on any atom is -0.399 e. The third-order valence-electron chi connectivity index (χ3n) is 4.07. The SMILES string of the molecule is Cc1ccc(C2(c3ccc(N)cc3)C=CC=CC=N2)c(C)c1. The average molecular weight is 288 g/mol. The molecule has 3 rings (SSSR count). The fourth-order valence-corrected chi connectivity index (χ4v) is 2.98. The van der Waals surface area contributed by atoms with Crippen LogP contribution in [0.3, 0.4) is 0 Å². The molecule has 0 spiro atoms. The first-order valence-corrected chi connectivity index (χ1v) is 7.45. The molecule has 1 heterocycles. The molecule has 0 radical (unpaired) electrons. The van der Waals surface area contributed by atoms with Gasteiger partial charge in [0, 0.05) is 11.9 Å². The molecular weight excluding hydrogens is 268 g/mol. The van der Waals surface area contributed by atoms with E-state index >= 15 is 0 Å². The van der Waals surface area contributed by atoms with Gasteiger partial charge in [-0.1, -0.05) is 48.0 Å². The molecule has 2 aromatic carbocycles. The minimum absolute atomic E-state index is 0.505. The number of rotatable bonds is 2. The lowest BCUT2D eigenvalue weighted by molar-refractivity contribution is 0.684. The number of hydrogen-bond acceptors (Lipinski definition) is 2. The van der Waals surface area contributed by atoms with Gasteiger partial charge in [-0.05, 0) is 54.8 Å². The molecule has 1 unspecified atom stereocenters. The number of nitrogens with two attached hydrogens (primary N) is 1. The summed E-state index contributed by atoms with van der Waals surface area (Å²) in [5.41, 5.74) is 10.9. The van der Waals surface area contributed by atoms with Gasteiger partial charge in [0.1, 0.15) is 5.54 Å². The molecule has 2 nitrogen and oxygen atoms in total. The lowest BCUT2D eigenvalue weighted by Crippen LogP contribution is -2.24. The molecule has 2 aromatic rings. The normalized spacial score (nSPS) is 20.1. The van der Waals surface area contributed by atoms with Crippen molar-refractivity contribution in [3.8, 4) is 0 Å². The van der Waals surface area contributed by atoms with Crippen LogP contribution < -0.4 is 5.73 Å². The van der Waals surface area contributed by atoms with Gasteiger partial charge < -0.3 is 5.73 Å². The first-order valence-electron chi connectivity index (χ1n) is 7.45. The summed E-state index contributed by atoms with van der Waals surface area (Å²) < 4.78 is 0. The molecule has 22 heavy (non-hydrogen) atoms. The maximum Gasteiger partial charge on any atom is 0.129 e. The summed E-state index contributed by atoms with van der Waals surface area (Å²) in [6.07, 6.45) is 10.0. The van der Waals surface area contributed by atoms with Crippen LogP contribution >= 0.6 is 0 Å². The van der Waals surface area contributed by atoms with Crippen LogP contribution in [0.4, 0.5) is 5.69 Å². The zero-order valence-electron chi connectivity index (χ0n) is 13.0. The number of hydrogen-bond donors (Lipinski definition) is 1. The Kier molecular flexibility index (Phi) is 3.68. The lowest BCUT2D eigenvalue weighted by Gasteiger charge is -2.29. The van der Waals surface area contributed by atoms with Crippen LogP contribution in [0.25, 0.3) is 0 Å². The Morgan fingerprint density at radius 2 is 1.68 bits per heavy atom. The highest BCUT2D eigenvalue weighted by Crippen LogP contribution is 2.38. The zero-order valence-corrected chi connectivity index (χ0v) is 13.0. The first-order chi connectivity index (χ1) is 10.6. The monoisotopic (exact) mass is 288 g/mol. The predicted octanol–water partition coefficient (Wildman–Crippen LogP) is 4.33. The number of anilines is 1. The third kappa shape index (κ3) is 2.48. The van der Waals surface area contributed by atoms with Crippen molar-refractivity contribution in [2.45, 2.75) is 19.4 Å². The van der Waals surface area contributed by atoms with E-state index in [9.17, 15) is 0 Å². The standard InChI is InChI=1S/C20H20N2/c1-15-6-11-19(16(2)14-15)20(12-4-3-5-13-22-20)17-7-9-18(21)10-8-17/h3-14H,21H2,1-2H3. The van der Waals surface area contributed by atoms with Crippen molar-refractivity contribution in [1.29, 1.82) is 0 Å². The van der Waals surface area contributed by atoms with E-state index in [4.69, 9.17) is 10.7 Å². The van der Waals surface area contributed by atoms with Crippen LogP contribution in [0.1, 0.15) is 22.3 Å². The maximum absolute atomic E-state index is 5.85. The average Bonchev–Trinajstić information content (AvgIpc) is 2.75. The van der Waals surface area contributed by atoms with Crippen LogP contribution in [0.15, 0.2) is 71.8 Å². The predicted molar refractivity (Wildman–Crippen MR) is 94.3 cm³/mol. The number of allylic oxidation sites excluding steroid dienone is 3. The van der Waals surface area contributed by atoms with E-state index in [1.807, 2.05) is 30.5 Å².